The van der Waals surface area contributed by atoms with Gasteiger partial charge in [0.15, 0.2) is 0 Å². The number of rotatable bonds is 9. The molecule has 2 rings (SSSR count). The molecule has 3 heteroatoms. The summed E-state index contributed by atoms with van der Waals surface area (Å²) >= 11 is 0. The average molecular weight is 313 g/mol. The van der Waals surface area contributed by atoms with Crippen LogP contribution in [0.25, 0.3) is 0 Å². The minimum atomic E-state index is 0.194. The number of hydrogen-bond donors (Lipinski definition) is 1. The Labute approximate surface area is 139 Å². The van der Waals surface area contributed by atoms with Crippen LogP contribution >= 0.6 is 0 Å². The lowest BCUT2D eigenvalue weighted by Gasteiger charge is -2.28. The van der Waals surface area contributed by atoms with Gasteiger partial charge < -0.3 is 9.84 Å². The van der Waals surface area contributed by atoms with Crippen LogP contribution in [0, 0.1) is 0 Å². The fraction of sp³-hybridized carbons (Fsp3) is 0.400. The lowest BCUT2D eigenvalue weighted by molar-refractivity contribution is 0.146. The topological polar surface area (TPSA) is 32.7 Å². The largest absolute Gasteiger partial charge is 0.497 e. The molecule has 0 bridgehead atoms. The van der Waals surface area contributed by atoms with Gasteiger partial charge in [-0.25, -0.2) is 0 Å². The van der Waals surface area contributed by atoms with Gasteiger partial charge in [0.2, 0.25) is 0 Å². The first-order chi connectivity index (χ1) is 11.2. The van der Waals surface area contributed by atoms with Crippen molar-refractivity contribution >= 4 is 0 Å². The Bertz CT molecular complexity index is 554. The highest BCUT2D eigenvalue weighted by Crippen LogP contribution is 2.16. The molecule has 0 aromatic heterocycles. The van der Waals surface area contributed by atoms with Gasteiger partial charge >= 0.3 is 0 Å². The van der Waals surface area contributed by atoms with Crippen molar-refractivity contribution < 1.29 is 9.84 Å². The predicted molar refractivity (Wildman–Crippen MR) is 94.7 cm³/mol. The molecule has 0 aliphatic carbocycles. The van der Waals surface area contributed by atoms with Gasteiger partial charge in [0, 0.05) is 19.1 Å². The maximum atomic E-state index is 9.35. The number of aryl methyl sites for hydroxylation is 1. The van der Waals surface area contributed by atoms with Crippen LogP contribution in [0.5, 0.6) is 5.75 Å². The summed E-state index contributed by atoms with van der Waals surface area (Å²) in [4.78, 5) is 2.35. The fourth-order valence-corrected chi connectivity index (χ4v) is 2.75. The molecule has 1 N–H and O–H groups in total. The molecule has 0 unspecified atom stereocenters. The van der Waals surface area contributed by atoms with Crippen molar-refractivity contribution in [2.75, 3.05) is 20.3 Å². The number of benzene rings is 2. The summed E-state index contributed by atoms with van der Waals surface area (Å²) in [5.41, 5.74) is 2.61. The van der Waals surface area contributed by atoms with Crippen LogP contribution in [0.4, 0.5) is 0 Å². The zero-order chi connectivity index (χ0) is 16.5. The summed E-state index contributed by atoms with van der Waals surface area (Å²) in [5.74, 6) is 0.896. The Balaban J connectivity index is 1.90. The second-order valence-corrected chi connectivity index (χ2v) is 5.92. The maximum Gasteiger partial charge on any atom is 0.118 e. The monoisotopic (exact) mass is 313 g/mol. The Kier molecular flexibility index (Phi) is 7.11. The molecule has 0 heterocycles. The molecule has 1 atom stereocenters. The molecule has 0 saturated heterocycles. The van der Waals surface area contributed by atoms with E-state index in [2.05, 4.69) is 48.2 Å². The highest BCUT2D eigenvalue weighted by Gasteiger charge is 2.14. The van der Waals surface area contributed by atoms with E-state index in [1.165, 1.54) is 11.1 Å². The average Bonchev–Trinajstić information content (AvgIpc) is 2.60. The van der Waals surface area contributed by atoms with Crippen molar-refractivity contribution in [3.05, 3.63) is 65.7 Å². The molecule has 0 radical (unpaired) electrons. The molecule has 0 aliphatic heterocycles. The number of methoxy groups -OCH3 is 1. The van der Waals surface area contributed by atoms with E-state index >= 15 is 0 Å². The van der Waals surface area contributed by atoms with Gasteiger partial charge in [-0.15, -0.1) is 0 Å². The zero-order valence-corrected chi connectivity index (χ0v) is 14.1. The summed E-state index contributed by atoms with van der Waals surface area (Å²) < 4.78 is 5.20. The van der Waals surface area contributed by atoms with Gasteiger partial charge in [-0.1, -0.05) is 42.5 Å². The first-order valence-corrected chi connectivity index (χ1v) is 8.24. The third-order valence-electron chi connectivity index (χ3n) is 4.25. The minimum Gasteiger partial charge on any atom is -0.497 e. The number of aliphatic hydroxyl groups excluding tert-OH is 1. The predicted octanol–water partition coefficient (Wildman–Crippen LogP) is 3.51. The van der Waals surface area contributed by atoms with Crippen molar-refractivity contribution in [1.29, 1.82) is 0 Å². The SMILES string of the molecule is COc1ccc(CC[C@H](C)N(CCO)Cc2ccccc2)cc1. The second kappa shape index (κ2) is 9.33. The number of nitrogens with zero attached hydrogens (tertiary/aromatic N) is 1. The molecule has 3 nitrogen and oxygen atoms in total. The van der Waals surface area contributed by atoms with E-state index in [1.54, 1.807) is 7.11 Å². The first-order valence-electron chi connectivity index (χ1n) is 8.24. The quantitative estimate of drug-likeness (QED) is 0.769. The lowest BCUT2D eigenvalue weighted by atomic mass is 10.0. The fourth-order valence-electron chi connectivity index (χ4n) is 2.75. The van der Waals surface area contributed by atoms with E-state index in [1.807, 2.05) is 18.2 Å². The van der Waals surface area contributed by atoms with Crippen LogP contribution in [-0.2, 0) is 13.0 Å². The molecule has 0 fully saturated rings. The smallest absolute Gasteiger partial charge is 0.118 e. The van der Waals surface area contributed by atoms with Crippen LogP contribution in [0.1, 0.15) is 24.5 Å². The molecule has 23 heavy (non-hydrogen) atoms. The Morgan fingerprint density at radius 3 is 2.30 bits per heavy atom. The zero-order valence-electron chi connectivity index (χ0n) is 14.1. The van der Waals surface area contributed by atoms with Crippen LogP contribution in [0.15, 0.2) is 54.6 Å². The highest BCUT2D eigenvalue weighted by molar-refractivity contribution is 5.27. The first kappa shape index (κ1) is 17.5. The molecule has 0 spiro atoms. The Hall–Kier alpha value is -1.84. The van der Waals surface area contributed by atoms with Gasteiger partial charge in [-0.2, -0.15) is 0 Å². The van der Waals surface area contributed by atoms with Gasteiger partial charge in [0.1, 0.15) is 5.75 Å². The van der Waals surface area contributed by atoms with E-state index in [0.29, 0.717) is 12.6 Å². The van der Waals surface area contributed by atoms with E-state index < -0.39 is 0 Å². The van der Waals surface area contributed by atoms with E-state index in [4.69, 9.17) is 4.74 Å². The highest BCUT2D eigenvalue weighted by atomic mass is 16.5. The van der Waals surface area contributed by atoms with Crippen molar-refractivity contribution in [1.82, 2.24) is 4.90 Å². The van der Waals surface area contributed by atoms with Gasteiger partial charge in [-0.3, -0.25) is 4.90 Å². The van der Waals surface area contributed by atoms with Crippen LogP contribution in [0.3, 0.4) is 0 Å². The number of aliphatic hydroxyl groups is 1. The number of ether oxygens (including phenoxy) is 1. The third kappa shape index (κ3) is 5.70. The van der Waals surface area contributed by atoms with Crippen molar-refractivity contribution in [3.8, 4) is 5.75 Å². The van der Waals surface area contributed by atoms with Gasteiger partial charge in [0.25, 0.3) is 0 Å². The molecular formula is C20H27NO2. The third-order valence-corrected chi connectivity index (χ3v) is 4.25. The van der Waals surface area contributed by atoms with E-state index in [0.717, 1.165) is 25.1 Å². The summed E-state index contributed by atoms with van der Waals surface area (Å²) in [6.45, 7) is 4.02. The van der Waals surface area contributed by atoms with Crippen molar-refractivity contribution in [3.63, 3.8) is 0 Å². The Morgan fingerprint density at radius 2 is 1.70 bits per heavy atom. The minimum absolute atomic E-state index is 0.194. The maximum absolute atomic E-state index is 9.35. The molecule has 0 saturated carbocycles. The van der Waals surface area contributed by atoms with Crippen LogP contribution < -0.4 is 4.74 Å². The van der Waals surface area contributed by atoms with Crippen LogP contribution in [0.2, 0.25) is 0 Å². The van der Waals surface area contributed by atoms with E-state index in [9.17, 15) is 5.11 Å². The van der Waals surface area contributed by atoms with Gasteiger partial charge in [-0.05, 0) is 43.0 Å². The summed E-state index contributed by atoms with van der Waals surface area (Å²) in [7, 11) is 1.69. The van der Waals surface area contributed by atoms with Gasteiger partial charge in [0.05, 0.1) is 13.7 Å². The molecule has 2 aromatic rings. The second-order valence-electron chi connectivity index (χ2n) is 5.92. The standard InChI is InChI=1S/C20H27NO2/c1-17(8-9-18-10-12-20(23-2)13-11-18)21(14-15-22)16-19-6-4-3-5-7-19/h3-7,10-13,17,22H,8-9,14-16H2,1-2H3/t17-/m0/s1. The summed E-state index contributed by atoms with van der Waals surface area (Å²) in [5, 5.41) is 9.35. The summed E-state index contributed by atoms with van der Waals surface area (Å²) in [6.07, 6.45) is 2.10. The molecule has 0 aliphatic rings. The van der Waals surface area contributed by atoms with Crippen molar-refractivity contribution in [2.45, 2.75) is 32.4 Å². The normalized spacial score (nSPS) is 12.3. The summed E-state index contributed by atoms with van der Waals surface area (Å²) in [6, 6.07) is 19.1. The van der Waals surface area contributed by atoms with Crippen molar-refractivity contribution in [2.24, 2.45) is 0 Å². The number of hydrogen-bond acceptors (Lipinski definition) is 3. The Morgan fingerprint density at radius 1 is 1.00 bits per heavy atom. The molecule has 124 valence electrons. The lowest BCUT2D eigenvalue weighted by Crippen LogP contribution is -2.35. The van der Waals surface area contributed by atoms with Crippen LogP contribution in [-0.4, -0.2) is 36.3 Å². The molecule has 2 aromatic carbocycles. The van der Waals surface area contributed by atoms with E-state index in [-0.39, 0.29) is 6.61 Å². The molecular weight excluding hydrogens is 286 g/mol. The molecule has 0 amide bonds.